The summed E-state index contributed by atoms with van der Waals surface area (Å²) in [5.74, 6) is -1.22. The van der Waals surface area contributed by atoms with Crippen LogP contribution in [0.2, 0.25) is 5.15 Å². The topological polar surface area (TPSA) is 67.7 Å². The Bertz CT molecular complexity index is 1130. The quantitative estimate of drug-likeness (QED) is 0.515. The first kappa shape index (κ1) is 22.8. The fourth-order valence-electron chi connectivity index (χ4n) is 3.80. The van der Waals surface area contributed by atoms with Gasteiger partial charge in [0, 0.05) is 31.9 Å². The lowest BCUT2D eigenvalue weighted by Gasteiger charge is -2.36. The van der Waals surface area contributed by atoms with Gasteiger partial charge in [-0.15, -0.1) is 0 Å². The molecular formula is C24H24ClFN4O3. The van der Waals surface area contributed by atoms with Crippen LogP contribution in [0.1, 0.15) is 21.6 Å². The molecule has 7 nitrogen and oxygen atoms in total. The predicted molar refractivity (Wildman–Crippen MR) is 123 cm³/mol. The highest BCUT2D eigenvalue weighted by molar-refractivity contribution is 6.32. The molecule has 0 spiro atoms. The van der Waals surface area contributed by atoms with Crippen molar-refractivity contribution in [3.8, 4) is 0 Å². The molecule has 1 aliphatic heterocycles. The Balaban J connectivity index is 1.31. The van der Waals surface area contributed by atoms with Crippen molar-refractivity contribution in [1.29, 1.82) is 0 Å². The molecule has 1 amide bonds. The molecule has 9 heteroatoms. The molecule has 0 bridgehead atoms. The van der Waals surface area contributed by atoms with E-state index in [0.717, 1.165) is 11.3 Å². The maximum Gasteiger partial charge on any atom is 0.343 e. The van der Waals surface area contributed by atoms with Crippen molar-refractivity contribution in [2.75, 3.05) is 37.7 Å². The summed E-state index contributed by atoms with van der Waals surface area (Å²) >= 11 is 6.40. The minimum absolute atomic E-state index is 0.168. The van der Waals surface area contributed by atoms with Crippen LogP contribution in [-0.4, -0.2) is 59.3 Å². The first-order valence-electron chi connectivity index (χ1n) is 10.6. The molecule has 0 unspecified atom stereocenters. The summed E-state index contributed by atoms with van der Waals surface area (Å²) in [7, 11) is 0. The Kier molecular flexibility index (Phi) is 6.93. The lowest BCUT2D eigenvalue weighted by atomic mass is 10.2. The van der Waals surface area contributed by atoms with Crippen LogP contribution in [0.4, 0.5) is 10.1 Å². The molecule has 172 valence electrons. The molecule has 0 radical (unpaired) electrons. The maximum atomic E-state index is 13.1. The van der Waals surface area contributed by atoms with E-state index in [1.54, 1.807) is 28.6 Å². The molecule has 1 aromatic heterocycles. The van der Waals surface area contributed by atoms with E-state index in [2.05, 4.69) is 10.00 Å². The van der Waals surface area contributed by atoms with E-state index in [-0.39, 0.29) is 29.0 Å². The lowest BCUT2D eigenvalue weighted by molar-refractivity contribution is -0.134. The summed E-state index contributed by atoms with van der Waals surface area (Å²) in [6.07, 6.45) is 0. The van der Waals surface area contributed by atoms with E-state index in [0.29, 0.717) is 38.4 Å². The summed E-state index contributed by atoms with van der Waals surface area (Å²) in [5.41, 5.74) is 2.52. The van der Waals surface area contributed by atoms with Crippen LogP contribution < -0.4 is 4.90 Å². The standard InChI is InChI=1S/C24H24ClFN4O3/c1-17-22(23(25)30(27-17)15-18-5-3-2-4-6-18)24(32)33-16-21(31)29-13-11-28(12-14-29)20-9-7-19(26)8-10-20/h2-10H,11-16H2,1H3. The summed E-state index contributed by atoms with van der Waals surface area (Å²) in [6.45, 7) is 3.94. The second kappa shape index (κ2) is 10.0. The molecule has 1 fully saturated rings. The van der Waals surface area contributed by atoms with E-state index >= 15 is 0 Å². The molecule has 0 aliphatic carbocycles. The van der Waals surface area contributed by atoms with Crippen LogP contribution in [-0.2, 0) is 16.1 Å². The van der Waals surface area contributed by atoms with Crippen molar-refractivity contribution < 1.29 is 18.7 Å². The van der Waals surface area contributed by atoms with E-state index in [4.69, 9.17) is 16.3 Å². The third kappa shape index (κ3) is 5.34. The van der Waals surface area contributed by atoms with Crippen molar-refractivity contribution in [3.63, 3.8) is 0 Å². The van der Waals surface area contributed by atoms with Gasteiger partial charge >= 0.3 is 5.97 Å². The number of benzene rings is 2. The molecule has 2 heterocycles. The molecule has 4 rings (SSSR count). The number of anilines is 1. The normalized spacial score (nSPS) is 13.8. The second-order valence-electron chi connectivity index (χ2n) is 7.81. The maximum absolute atomic E-state index is 13.1. The van der Waals surface area contributed by atoms with E-state index in [1.807, 2.05) is 30.3 Å². The van der Waals surface area contributed by atoms with Crippen LogP contribution in [0, 0.1) is 12.7 Å². The highest BCUT2D eigenvalue weighted by Gasteiger charge is 2.25. The Morgan fingerprint density at radius 3 is 2.36 bits per heavy atom. The zero-order chi connectivity index (χ0) is 23.4. The third-order valence-corrected chi connectivity index (χ3v) is 5.98. The molecule has 0 saturated carbocycles. The number of aryl methyl sites for hydroxylation is 1. The second-order valence-corrected chi connectivity index (χ2v) is 8.17. The number of rotatable bonds is 6. The van der Waals surface area contributed by atoms with E-state index in [9.17, 15) is 14.0 Å². The van der Waals surface area contributed by atoms with Gasteiger partial charge in [0.05, 0.1) is 12.2 Å². The van der Waals surface area contributed by atoms with Crippen molar-refractivity contribution in [2.24, 2.45) is 0 Å². The Labute approximate surface area is 196 Å². The summed E-state index contributed by atoms with van der Waals surface area (Å²) in [5, 5.41) is 4.53. The molecule has 0 atom stereocenters. The van der Waals surface area contributed by atoms with Gasteiger partial charge in [-0.25, -0.2) is 13.9 Å². The molecule has 3 aromatic rings. The highest BCUT2D eigenvalue weighted by atomic mass is 35.5. The number of esters is 1. The first-order chi connectivity index (χ1) is 15.9. The smallest absolute Gasteiger partial charge is 0.343 e. The Hall–Kier alpha value is -3.39. The zero-order valence-corrected chi connectivity index (χ0v) is 19.0. The summed E-state index contributed by atoms with van der Waals surface area (Å²) in [6, 6.07) is 15.9. The molecule has 0 N–H and O–H groups in total. The van der Waals surface area contributed by atoms with Gasteiger partial charge in [0.15, 0.2) is 6.61 Å². The number of ether oxygens (including phenoxy) is 1. The van der Waals surface area contributed by atoms with Crippen molar-refractivity contribution in [1.82, 2.24) is 14.7 Å². The van der Waals surface area contributed by atoms with Gasteiger partial charge in [-0.3, -0.25) is 4.79 Å². The average Bonchev–Trinajstić information content (AvgIpc) is 3.11. The SMILES string of the molecule is Cc1nn(Cc2ccccc2)c(Cl)c1C(=O)OCC(=O)N1CCN(c2ccc(F)cc2)CC1. The highest BCUT2D eigenvalue weighted by Crippen LogP contribution is 2.22. The molecule has 2 aromatic carbocycles. The molecular weight excluding hydrogens is 447 g/mol. The fourth-order valence-corrected chi connectivity index (χ4v) is 4.11. The van der Waals surface area contributed by atoms with Crippen LogP contribution in [0.5, 0.6) is 0 Å². The number of amides is 1. The summed E-state index contributed by atoms with van der Waals surface area (Å²) in [4.78, 5) is 28.9. The average molecular weight is 471 g/mol. The fraction of sp³-hybridized carbons (Fsp3) is 0.292. The number of aromatic nitrogens is 2. The molecule has 1 saturated heterocycles. The van der Waals surface area contributed by atoms with Crippen molar-refractivity contribution >= 4 is 29.2 Å². The number of carbonyl (C=O) groups is 2. The number of halogens is 2. The van der Waals surface area contributed by atoms with Crippen molar-refractivity contribution in [2.45, 2.75) is 13.5 Å². The van der Waals surface area contributed by atoms with E-state index in [1.165, 1.54) is 12.1 Å². The number of hydrogen-bond acceptors (Lipinski definition) is 5. The van der Waals surface area contributed by atoms with Crippen LogP contribution in [0.15, 0.2) is 54.6 Å². The van der Waals surface area contributed by atoms with Crippen LogP contribution in [0.25, 0.3) is 0 Å². The van der Waals surface area contributed by atoms with E-state index < -0.39 is 5.97 Å². The Morgan fingerprint density at radius 1 is 1.03 bits per heavy atom. The van der Waals surface area contributed by atoms with Gasteiger partial charge < -0.3 is 14.5 Å². The number of carbonyl (C=O) groups excluding carboxylic acids is 2. The number of piperazine rings is 1. The number of nitrogens with zero attached hydrogens (tertiary/aromatic N) is 4. The molecule has 33 heavy (non-hydrogen) atoms. The zero-order valence-electron chi connectivity index (χ0n) is 18.2. The van der Waals surface area contributed by atoms with Gasteiger partial charge in [0.2, 0.25) is 0 Å². The lowest BCUT2D eigenvalue weighted by Crippen LogP contribution is -2.49. The monoisotopic (exact) mass is 470 g/mol. The van der Waals surface area contributed by atoms with Gasteiger partial charge in [-0.1, -0.05) is 41.9 Å². The first-order valence-corrected chi connectivity index (χ1v) is 11.0. The third-order valence-electron chi connectivity index (χ3n) is 5.60. The number of hydrogen-bond donors (Lipinski definition) is 0. The van der Waals surface area contributed by atoms with Crippen molar-refractivity contribution in [3.05, 3.63) is 82.4 Å². The summed E-state index contributed by atoms with van der Waals surface area (Å²) < 4.78 is 19.9. The van der Waals surface area contributed by atoms with Gasteiger partial charge in [0.1, 0.15) is 16.5 Å². The van der Waals surface area contributed by atoms with Gasteiger partial charge in [-0.2, -0.15) is 5.10 Å². The molecule has 1 aliphatic rings. The largest absolute Gasteiger partial charge is 0.452 e. The van der Waals surface area contributed by atoms with Crippen LogP contribution in [0.3, 0.4) is 0 Å². The Morgan fingerprint density at radius 2 is 1.70 bits per heavy atom. The minimum atomic E-state index is -0.671. The van der Waals surface area contributed by atoms with Gasteiger partial charge in [-0.05, 0) is 36.8 Å². The van der Waals surface area contributed by atoms with Gasteiger partial charge in [0.25, 0.3) is 5.91 Å². The minimum Gasteiger partial charge on any atom is -0.452 e. The predicted octanol–water partition coefficient (Wildman–Crippen LogP) is 3.54. The van der Waals surface area contributed by atoms with Crippen LogP contribution >= 0.6 is 11.6 Å².